The van der Waals surface area contributed by atoms with Gasteiger partial charge in [0.25, 0.3) is 5.91 Å². The van der Waals surface area contributed by atoms with Crippen LogP contribution in [0, 0.1) is 5.92 Å². The number of nitrogens with one attached hydrogen (secondary N) is 2. The molecule has 4 nitrogen and oxygen atoms in total. The van der Waals surface area contributed by atoms with Gasteiger partial charge in [-0.1, -0.05) is 19.8 Å². The third kappa shape index (κ3) is 4.23. The van der Waals surface area contributed by atoms with Crippen LogP contribution in [-0.4, -0.2) is 24.0 Å². The van der Waals surface area contributed by atoms with Crippen molar-refractivity contribution in [3.8, 4) is 0 Å². The molecule has 1 aromatic rings. The first-order chi connectivity index (χ1) is 9.22. The minimum absolute atomic E-state index is 0.0110. The van der Waals surface area contributed by atoms with Crippen LogP contribution in [0.15, 0.2) is 12.1 Å². The molecule has 1 aliphatic rings. The Hall–Kier alpha value is -1.58. The number of amides is 1. The number of hydrogen-bond acceptors (Lipinski definition) is 3. The molecule has 0 unspecified atom stereocenters. The molecule has 1 fully saturated rings. The summed E-state index contributed by atoms with van der Waals surface area (Å²) in [6.45, 7) is 5.66. The van der Waals surface area contributed by atoms with Gasteiger partial charge >= 0.3 is 0 Å². The third-order valence-electron chi connectivity index (χ3n) is 3.40. The van der Waals surface area contributed by atoms with Crippen molar-refractivity contribution in [3.63, 3.8) is 0 Å². The van der Waals surface area contributed by atoms with Gasteiger partial charge in [-0.3, -0.25) is 4.79 Å². The second-order valence-electron chi connectivity index (χ2n) is 5.10. The fourth-order valence-corrected chi connectivity index (χ4v) is 2.07. The smallest absolute Gasteiger partial charge is 0.251 e. The molecular formula is C15H23N3O. The lowest BCUT2D eigenvalue weighted by Crippen LogP contribution is -2.25. The molecule has 2 rings (SSSR count). The Morgan fingerprint density at radius 3 is 2.79 bits per heavy atom. The van der Waals surface area contributed by atoms with Gasteiger partial charge in [-0.15, -0.1) is 0 Å². The van der Waals surface area contributed by atoms with Gasteiger partial charge in [0.15, 0.2) is 0 Å². The van der Waals surface area contributed by atoms with Crippen LogP contribution >= 0.6 is 0 Å². The number of pyridine rings is 1. The highest BCUT2D eigenvalue weighted by atomic mass is 16.1. The fourth-order valence-electron chi connectivity index (χ4n) is 2.07. The predicted octanol–water partition coefficient (Wildman–Crippen LogP) is 2.61. The normalized spacial score (nSPS) is 14.2. The van der Waals surface area contributed by atoms with Crippen molar-refractivity contribution in [2.75, 3.05) is 18.4 Å². The lowest BCUT2D eigenvalue weighted by atomic mass is 10.1. The molecule has 1 amide bonds. The maximum atomic E-state index is 12.1. The van der Waals surface area contributed by atoms with E-state index in [0.29, 0.717) is 5.56 Å². The highest BCUT2D eigenvalue weighted by Crippen LogP contribution is 2.31. The Bertz CT molecular complexity index is 441. The van der Waals surface area contributed by atoms with Gasteiger partial charge in [-0.2, -0.15) is 0 Å². The summed E-state index contributed by atoms with van der Waals surface area (Å²) < 4.78 is 0. The van der Waals surface area contributed by atoms with Crippen LogP contribution in [0.3, 0.4) is 0 Å². The molecule has 1 aliphatic carbocycles. The standard InChI is InChI=1S/C15H23N3O/c1-3-13-9-12(10-14(18-13)16-4-2)15(19)17-8-7-11-5-6-11/h9-11H,3-8H2,1-2H3,(H,16,18)(H,17,19). The molecule has 1 heterocycles. The van der Waals surface area contributed by atoms with E-state index in [4.69, 9.17) is 0 Å². The van der Waals surface area contributed by atoms with E-state index in [1.54, 1.807) is 0 Å². The Morgan fingerprint density at radius 2 is 2.16 bits per heavy atom. The number of anilines is 1. The zero-order valence-electron chi connectivity index (χ0n) is 11.8. The summed E-state index contributed by atoms with van der Waals surface area (Å²) in [6.07, 6.45) is 4.60. The van der Waals surface area contributed by atoms with E-state index in [2.05, 4.69) is 15.6 Å². The Balaban J connectivity index is 1.99. The summed E-state index contributed by atoms with van der Waals surface area (Å²) in [4.78, 5) is 16.6. The molecule has 0 aliphatic heterocycles. The molecule has 19 heavy (non-hydrogen) atoms. The summed E-state index contributed by atoms with van der Waals surface area (Å²) in [5, 5.41) is 6.17. The molecule has 0 saturated heterocycles. The number of carbonyl (C=O) groups is 1. The van der Waals surface area contributed by atoms with Gasteiger partial charge in [0.2, 0.25) is 0 Å². The number of hydrogen-bond donors (Lipinski definition) is 2. The fraction of sp³-hybridized carbons (Fsp3) is 0.600. The van der Waals surface area contributed by atoms with Crippen LogP contribution in [0.1, 0.15) is 49.2 Å². The first-order valence-corrected chi connectivity index (χ1v) is 7.26. The monoisotopic (exact) mass is 261 g/mol. The average Bonchev–Trinajstić information content (AvgIpc) is 3.22. The molecule has 0 atom stereocenters. The predicted molar refractivity (Wildman–Crippen MR) is 77.5 cm³/mol. The van der Waals surface area contributed by atoms with Gasteiger partial charge < -0.3 is 10.6 Å². The van der Waals surface area contributed by atoms with Crippen molar-refractivity contribution in [2.24, 2.45) is 5.92 Å². The van der Waals surface area contributed by atoms with Gasteiger partial charge in [-0.25, -0.2) is 4.98 Å². The first kappa shape index (κ1) is 13.8. The van der Waals surface area contributed by atoms with Gasteiger partial charge in [0.05, 0.1) is 0 Å². The van der Waals surface area contributed by atoms with E-state index in [9.17, 15) is 4.79 Å². The quantitative estimate of drug-likeness (QED) is 0.793. The summed E-state index contributed by atoms with van der Waals surface area (Å²) in [5.74, 6) is 1.65. The summed E-state index contributed by atoms with van der Waals surface area (Å²) in [7, 11) is 0. The lowest BCUT2D eigenvalue weighted by Gasteiger charge is -2.09. The number of carbonyl (C=O) groups excluding carboxylic acids is 1. The Morgan fingerprint density at radius 1 is 1.37 bits per heavy atom. The van der Waals surface area contributed by atoms with E-state index in [1.165, 1.54) is 12.8 Å². The van der Waals surface area contributed by atoms with Crippen LogP contribution in [-0.2, 0) is 6.42 Å². The SMILES string of the molecule is CCNc1cc(C(=O)NCCC2CC2)cc(CC)n1. The molecule has 1 saturated carbocycles. The highest BCUT2D eigenvalue weighted by Gasteiger charge is 2.20. The second kappa shape index (κ2) is 6.55. The third-order valence-corrected chi connectivity index (χ3v) is 3.40. The molecule has 104 valence electrons. The number of nitrogens with zero attached hydrogens (tertiary/aromatic N) is 1. The molecule has 0 bridgehead atoms. The molecule has 0 spiro atoms. The van der Waals surface area contributed by atoms with Crippen molar-refractivity contribution in [2.45, 2.75) is 39.5 Å². The van der Waals surface area contributed by atoms with Gasteiger partial charge in [-0.05, 0) is 37.8 Å². The van der Waals surface area contributed by atoms with Crippen molar-refractivity contribution in [3.05, 3.63) is 23.4 Å². The Kier molecular flexibility index (Phi) is 4.77. The first-order valence-electron chi connectivity index (χ1n) is 7.26. The summed E-state index contributed by atoms with van der Waals surface area (Å²) in [5.41, 5.74) is 1.66. The second-order valence-corrected chi connectivity index (χ2v) is 5.10. The van der Waals surface area contributed by atoms with Gasteiger partial charge in [0.1, 0.15) is 5.82 Å². The molecule has 2 N–H and O–H groups in total. The summed E-state index contributed by atoms with van der Waals surface area (Å²) >= 11 is 0. The zero-order valence-corrected chi connectivity index (χ0v) is 11.8. The lowest BCUT2D eigenvalue weighted by molar-refractivity contribution is 0.0952. The maximum Gasteiger partial charge on any atom is 0.251 e. The average molecular weight is 261 g/mol. The Labute approximate surface area is 115 Å². The van der Waals surface area contributed by atoms with Crippen LogP contribution in [0.5, 0.6) is 0 Å². The van der Waals surface area contributed by atoms with Crippen LogP contribution in [0.2, 0.25) is 0 Å². The van der Waals surface area contributed by atoms with Crippen LogP contribution in [0.25, 0.3) is 0 Å². The minimum Gasteiger partial charge on any atom is -0.370 e. The van der Waals surface area contributed by atoms with E-state index >= 15 is 0 Å². The highest BCUT2D eigenvalue weighted by molar-refractivity contribution is 5.95. The van der Waals surface area contributed by atoms with E-state index in [-0.39, 0.29) is 5.91 Å². The largest absolute Gasteiger partial charge is 0.370 e. The number of rotatable bonds is 7. The molecular weight excluding hydrogens is 238 g/mol. The van der Waals surface area contributed by atoms with Crippen LogP contribution < -0.4 is 10.6 Å². The van der Waals surface area contributed by atoms with E-state index in [1.807, 2.05) is 26.0 Å². The maximum absolute atomic E-state index is 12.1. The zero-order chi connectivity index (χ0) is 13.7. The minimum atomic E-state index is 0.0110. The van der Waals surface area contributed by atoms with Crippen LogP contribution in [0.4, 0.5) is 5.82 Å². The van der Waals surface area contributed by atoms with Crippen molar-refractivity contribution in [1.29, 1.82) is 0 Å². The molecule has 4 heteroatoms. The topological polar surface area (TPSA) is 54.0 Å². The molecule has 1 aromatic heterocycles. The number of aromatic nitrogens is 1. The van der Waals surface area contributed by atoms with E-state index in [0.717, 1.165) is 43.4 Å². The van der Waals surface area contributed by atoms with Crippen molar-refractivity contribution < 1.29 is 4.79 Å². The van der Waals surface area contributed by atoms with Gasteiger partial charge in [0, 0.05) is 24.3 Å². The van der Waals surface area contributed by atoms with E-state index < -0.39 is 0 Å². The van der Waals surface area contributed by atoms with Crippen molar-refractivity contribution >= 4 is 11.7 Å². The van der Waals surface area contributed by atoms with Crippen molar-refractivity contribution in [1.82, 2.24) is 10.3 Å². The molecule has 0 aromatic carbocycles. The number of aryl methyl sites for hydroxylation is 1. The molecule has 0 radical (unpaired) electrons. The summed E-state index contributed by atoms with van der Waals surface area (Å²) in [6, 6.07) is 3.71.